The van der Waals surface area contributed by atoms with Gasteiger partial charge in [0.2, 0.25) is 0 Å². The molecule has 0 aliphatic heterocycles. The summed E-state index contributed by atoms with van der Waals surface area (Å²) in [4.78, 5) is 11.3. The van der Waals surface area contributed by atoms with Crippen LogP contribution in [-0.2, 0) is 4.79 Å². The highest BCUT2D eigenvalue weighted by atomic mass is 16.3. The number of hydrogen-bond donors (Lipinski definition) is 1. The number of unbranched alkanes of at least 4 members (excludes halogenated alkanes) is 2. The summed E-state index contributed by atoms with van der Waals surface area (Å²) in [6.07, 6.45) is 9.37. The monoisotopic (exact) mass is 196 g/mol. The van der Waals surface area contributed by atoms with Crippen LogP contribution in [0.3, 0.4) is 0 Å². The van der Waals surface area contributed by atoms with E-state index < -0.39 is 0 Å². The predicted molar refractivity (Wildman–Crippen MR) is 57.0 cm³/mol. The average Bonchev–Trinajstić information content (AvgIpc) is 2.54. The number of carbonyl (C=O) groups is 1. The SMILES string of the molecule is CCCC/C=C/[C@@H]1CCC(=O)[C@H]1CO. The van der Waals surface area contributed by atoms with Gasteiger partial charge in [-0.1, -0.05) is 31.9 Å². The molecule has 1 rings (SSSR count). The fourth-order valence-electron chi connectivity index (χ4n) is 1.99. The van der Waals surface area contributed by atoms with Crippen LogP contribution in [0.4, 0.5) is 0 Å². The Kier molecular flexibility index (Phi) is 4.88. The number of aliphatic hydroxyl groups excluding tert-OH is 1. The molecule has 80 valence electrons. The third-order valence-electron chi connectivity index (χ3n) is 2.96. The van der Waals surface area contributed by atoms with Crippen LogP contribution >= 0.6 is 0 Å². The Labute approximate surface area is 86.0 Å². The van der Waals surface area contributed by atoms with E-state index in [2.05, 4.69) is 19.1 Å². The molecular weight excluding hydrogens is 176 g/mol. The fourth-order valence-corrected chi connectivity index (χ4v) is 1.99. The number of carbonyl (C=O) groups excluding carboxylic acids is 1. The molecule has 2 nitrogen and oxygen atoms in total. The highest BCUT2D eigenvalue weighted by Crippen LogP contribution is 2.29. The van der Waals surface area contributed by atoms with E-state index in [9.17, 15) is 4.79 Å². The average molecular weight is 196 g/mol. The van der Waals surface area contributed by atoms with Crippen LogP contribution in [-0.4, -0.2) is 17.5 Å². The van der Waals surface area contributed by atoms with Gasteiger partial charge in [-0.25, -0.2) is 0 Å². The van der Waals surface area contributed by atoms with Crippen LogP contribution in [0.2, 0.25) is 0 Å². The van der Waals surface area contributed by atoms with Crippen molar-refractivity contribution in [2.45, 2.75) is 39.0 Å². The van der Waals surface area contributed by atoms with E-state index >= 15 is 0 Å². The molecule has 0 spiro atoms. The van der Waals surface area contributed by atoms with Crippen LogP contribution in [0.15, 0.2) is 12.2 Å². The van der Waals surface area contributed by atoms with Gasteiger partial charge in [-0.15, -0.1) is 0 Å². The van der Waals surface area contributed by atoms with Gasteiger partial charge in [-0.2, -0.15) is 0 Å². The van der Waals surface area contributed by atoms with E-state index in [4.69, 9.17) is 5.11 Å². The first kappa shape index (κ1) is 11.4. The minimum absolute atomic E-state index is 0.0155. The molecule has 0 unspecified atom stereocenters. The first-order valence-electron chi connectivity index (χ1n) is 5.59. The maximum absolute atomic E-state index is 11.3. The highest BCUT2D eigenvalue weighted by Gasteiger charge is 2.31. The van der Waals surface area contributed by atoms with E-state index in [1.807, 2.05) is 0 Å². The molecule has 0 aromatic heterocycles. The first-order valence-corrected chi connectivity index (χ1v) is 5.59. The molecule has 1 fully saturated rings. The molecule has 2 heteroatoms. The summed E-state index contributed by atoms with van der Waals surface area (Å²) >= 11 is 0. The lowest BCUT2D eigenvalue weighted by molar-refractivity contribution is -0.122. The van der Waals surface area contributed by atoms with E-state index in [1.54, 1.807) is 0 Å². The quantitative estimate of drug-likeness (QED) is 0.541. The molecule has 0 aromatic carbocycles. The van der Waals surface area contributed by atoms with Gasteiger partial charge in [-0.05, 0) is 18.8 Å². The Morgan fingerprint density at radius 1 is 1.57 bits per heavy atom. The predicted octanol–water partition coefficient (Wildman–Crippen LogP) is 2.32. The van der Waals surface area contributed by atoms with Crippen molar-refractivity contribution in [2.24, 2.45) is 11.8 Å². The molecule has 1 aliphatic rings. The number of aliphatic hydroxyl groups is 1. The molecule has 0 radical (unpaired) electrons. The van der Waals surface area contributed by atoms with Gasteiger partial charge in [0.05, 0.1) is 6.61 Å². The number of hydrogen-bond acceptors (Lipinski definition) is 2. The molecule has 0 aromatic rings. The Hall–Kier alpha value is -0.630. The van der Waals surface area contributed by atoms with Gasteiger partial charge in [-0.3, -0.25) is 4.79 Å². The zero-order valence-electron chi connectivity index (χ0n) is 8.91. The van der Waals surface area contributed by atoms with Gasteiger partial charge in [0.25, 0.3) is 0 Å². The summed E-state index contributed by atoms with van der Waals surface area (Å²) in [5.41, 5.74) is 0. The maximum atomic E-state index is 11.3. The van der Waals surface area contributed by atoms with Crippen LogP contribution < -0.4 is 0 Å². The van der Waals surface area contributed by atoms with E-state index in [0.29, 0.717) is 12.3 Å². The number of Topliss-reactive ketones (excluding diaryl/α,β-unsaturated/α-hetero) is 1. The smallest absolute Gasteiger partial charge is 0.138 e. The highest BCUT2D eigenvalue weighted by molar-refractivity contribution is 5.83. The molecule has 0 bridgehead atoms. The summed E-state index contributed by atoms with van der Waals surface area (Å²) < 4.78 is 0. The molecule has 0 amide bonds. The summed E-state index contributed by atoms with van der Waals surface area (Å²) in [7, 11) is 0. The van der Waals surface area contributed by atoms with Crippen molar-refractivity contribution in [3.8, 4) is 0 Å². The zero-order valence-corrected chi connectivity index (χ0v) is 8.91. The van der Waals surface area contributed by atoms with Gasteiger partial charge in [0.15, 0.2) is 0 Å². The lowest BCUT2D eigenvalue weighted by Gasteiger charge is -2.10. The Bertz CT molecular complexity index is 208. The second-order valence-electron chi connectivity index (χ2n) is 4.03. The number of ketones is 1. The van der Waals surface area contributed by atoms with Crippen molar-refractivity contribution in [1.29, 1.82) is 0 Å². The lowest BCUT2D eigenvalue weighted by Crippen LogP contribution is -2.17. The Balaban J connectivity index is 2.36. The molecule has 0 saturated heterocycles. The van der Waals surface area contributed by atoms with E-state index in [1.165, 1.54) is 12.8 Å². The number of rotatable bonds is 5. The Morgan fingerprint density at radius 2 is 2.36 bits per heavy atom. The van der Waals surface area contributed by atoms with Crippen molar-refractivity contribution >= 4 is 5.78 Å². The number of allylic oxidation sites excluding steroid dienone is 2. The maximum Gasteiger partial charge on any atom is 0.138 e. The van der Waals surface area contributed by atoms with Crippen LogP contribution in [0.1, 0.15) is 39.0 Å². The van der Waals surface area contributed by atoms with Crippen LogP contribution in [0, 0.1) is 11.8 Å². The second kappa shape index (κ2) is 5.97. The largest absolute Gasteiger partial charge is 0.396 e. The van der Waals surface area contributed by atoms with Gasteiger partial charge >= 0.3 is 0 Å². The summed E-state index contributed by atoms with van der Waals surface area (Å²) in [6.45, 7) is 2.19. The molecule has 1 aliphatic carbocycles. The minimum Gasteiger partial charge on any atom is -0.396 e. The summed E-state index contributed by atoms with van der Waals surface area (Å²) in [5, 5.41) is 9.05. The zero-order chi connectivity index (χ0) is 10.4. The van der Waals surface area contributed by atoms with E-state index in [0.717, 1.165) is 12.8 Å². The van der Waals surface area contributed by atoms with Crippen molar-refractivity contribution in [1.82, 2.24) is 0 Å². The second-order valence-corrected chi connectivity index (χ2v) is 4.03. The van der Waals surface area contributed by atoms with Crippen LogP contribution in [0.25, 0.3) is 0 Å². The topological polar surface area (TPSA) is 37.3 Å². The van der Waals surface area contributed by atoms with Crippen molar-refractivity contribution in [3.63, 3.8) is 0 Å². The Morgan fingerprint density at radius 3 is 3.00 bits per heavy atom. The fraction of sp³-hybridized carbons (Fsp3) is 0.750. The molecule has 1 N–H and O–H groups in total. The third kappa shape index (κ3) is 2.95. The molecular formula is C12H20O2. The van der Waals surface area contributed by atoms with Crippen molar-refractivity contribution < 1.29 is 9.90 Å². The van der Waals surface area contributed by atoms with Crippen molar-refractivity contribution in [3.05, 3.63) is 12.2 Å². The van der Waals surface area contributed by atoms with Crippen molar-refractivity contribution in [2.75, 3.05) is 6.61 Å². The van der Waals surface area contributed by atoms with Crippen LogP contribution in [0.5, 0.6) is 0 Å². The standard InChI is InChI=1S/C12H20O2/c1-2-3-4-5-6-10-7-8-12(14)11(10)9-13/h5-6,10-11,13H,2-4,7-9H2,1H3/b6-5+/t10-,11+/m1/s1. The van der Waals surface area contributed by atoms with E-state index in [-0.39, 0.29) is 18.3 Å². The third-order valence-corrected chi connectivity index (χ3v) is 2.96. The molecule has 1 saturated carbocycles. The van der Waals surface area contributed by atoms with Gasteiger partial charge < -0.3 is 5.11 Å². The normalized spacial score (nSPS) is 27.7. The molecule has 14 heavy (non-hydrogen) atoms. The van der Waals surface area contributed by atoms with Gasteiger partial charge in [0.1, 0.15) is 5.78 Å². The molecule has 0 heterocycles. The summed E-state index contributed by atoms with van der Waals surface area (Å²) in [6, 6.07) is 0. The lowest BCUT2D eigenvalue weighted by atomic mass is 9.95. The summed E-state index contributed by atoms with van der Waals surface area (Å²) in [5.74, 6) is 0.412. The molecule has 2 atom stereocenters. The van der Waals surface area contributed by atoms with Gasteiger partial charge in [0, 0.05) is 12.3 Å². The minimum atomic E-state index is -0.118. The first-order chi connectivity index (χ1) is 6.79.